The van der Waals surface area contributed by atoms with Crippen molar-refractivity contribution in [1.82, 2.24) is 4.57 Å². The maximum Gasteiger partial charge on any atom is 0.0541 e. The van der Waals surface area contributed by atoms with E-state index >= 15 is 0 Å². The SMILES string of the molecule is c1ccc(-c2ccc(-c3ccc(-c4ccc(-c5ccc6c(c5)c5cc(-c7ccc(-c8ccc(-c9ccc(-c%10ccccc%10)cc9)cc8)cc7)ccc5n6-c5ccc(-c6ccccc6)cc5)cc4)cc3)cc2)cc1. The zero-order valence-electron chi connectivity index (χ0n) is 40.2. The van der Waals surface area contributed by atoms with Crippen LogP contribution in [0.2, 0.25) is 0 Å². The van der Waals surface area contributed by atoms with Gasteiger partial charge in [-0.1, -0.05) is 261 Å². The lowest BCUT2D eigenvalue weighted by molar-refractivity contribution is 1.18. The summed E-state index contributed by atoms with van der Waals surface area (Å²) < 4.78 is 2.42. The van der Waals surface area contributed by atoms with Gasteiger partial charge in [-0.25, -0.2) is 0 Å². The van der Waals surface area contributed by atoms with Crippen molar-refractivity contribution in [2.75, 3.05) is 0 Å². The highest BCUT2D eigenvalue weighted by atomic mass is 15.0. The van der Waals surface area contributed by atoms with Gasteiger partial charge in [-0.15, -0.1) is 0 Å². The van der Waals surface area contributed by atoms with Crippen LogP contribution in [0.25, 0.3) is 128 Å². The molecule has 0 unspecified atom stereocenters. The van der Waals surface area contributed by atoms with Crippen molar-refractivity contribution < 1.29 is 0 Å². The molecular weight excluding hydrogens is 879 g/mol. The Balaban J connectivity index is 0.795. The second-order valence-corrected chi connectivity index (χ2v) is 18.9. The van der Waals surface area contributed by atoms with E-state index in [1.807, 2.05) is 0 Å². The van der Waals surface area contributed by atoms with Crippen LogP contribution in [-0.4, -0.2) is 4.57 Å². The maximum atomic E-state index is 2.42. The number of fused-ring (bicyclic) bond motifs is 3. The molecular formula is C72H49N. The normalized spacial score (nSPS) is 11.3. The lowest BCUT2D eigenvalue weighted by Gasteiger charge is -2.11. The largest absolute Gasteiger partial charge is 0.309 e. The van der Waals surface area contributed by atoms with E-state index in [0.717, 1.165) is 5.69 Å². The minimum atomic E-state index is 1.14. The van der Waals surface area contributed by atoms with Crippen LogP contribution >= 0.6 is 0 Å². The van der Waals surface area contributed by atoms with Gasteiger partial charge in [-0.3, -0.25) is 0 Å². The smallest absolute Gasteiger partial charge is 0.0541 e. The third-order valence-electron chi connectivity index (χ3n) is 14.5. The topological polar surface area (TPSA) is 4.93 Å². The molecule has 0 bridgehead atoms. The van der Waals surface area contributed by atoms with Crippen LogP contribution in [0.1, 0.15) is 0 Å². The molecule has 0 saturated heterocycles. The Morgan fingerprint density at radius 2 is 0.329 bits per heavy atom. The van der Waals surface area contributed by atoms with Gasteiger partial charge in [0, 0.05) is 16.5 Å². The molecule has 13 rings (SSSR count). The van der Waals surface area contributed by atoms with Crippen molar-refractivity contribution in [2.45, 2.75) is 0 Å². The van der Waals surface area contributed by atoms with Crippen LogP contribution in [-0.2, 0) is 0 Å². The number of rotatable bonds is 10. The summed E-state index contributed by atoms with van der Waals surface area (Å²) in [5.41, 5.74) is 25.3. The van der Waals surface area contributed by atoms with Crippen LogP contribution in [0, 0.1) is 0 Å². The molecule has 1 heterocycles. The van der Waals surface area contributed by atoms with Gasteiger partial charge in [0.05, 0.1) is 11.0 Å². The van der Waals surface area contributed by atoms with Crippen molar-refractivity contribution >= 4 is 21.8 Å². The van der Waals surface area contributed by atoms with E-state index in [1.165, 1.54) is 122 Å². The minimum absolute atomic E-state index is 1.14. The molecule has 0 saturated carbocycles. The van der Waals surface area contributed by atoms with Gasteiger partial charge in [-0.05, 0) is 137 Å². The summed E-state index contributed by atoms with van der Waals surface area (Å²) in [7, 11) is 0. The number of hydrogen-bond donors (Lipinski definition) is 0. The lowest BCUT2D eigenvalue weighted by Crippen LogP contribution is -1.94. The highest BCUT2D eigenvalue weighted by Gasteiger charge is 2.16. The van der Waals surface area contributed by atoms with Gasteiger partial charge in [0.25, 0.3) is 0 Å². The molecule has 13 aromatic rings. The predicted molar refractivity (Wildman–Crippen MR) is 310 cm³/mol. The van der Waals surface area contributed by atoms with Gasteiger partial charge in [-0.2, -0.15) is 0 Å². The summed E-state index contributed by atoms with van der Waals surface area (Å²) in [6, 6.07) is 108. The molecule has 342 valence electrons. The Morgan fingerprint density at radius 3 is 0.562 bits per heavy atom. The molecule has 0 aliphatic rings. The molecule has 0 spiro atoms. The zero-order valence-corrected chi connectivity index (χ0v) is 40.2. The van der Waals surface area contributed by atoms with Crippen molar-refractivity contribution in [2.24, 2.45) is 0 Å². The summed E-state index contributed by atoms with van der Waals surface area (Å²) in [6.45, 7) is 0. The third-order valence-corrected chi connectivity index (χ3v) is 14.5. The number of aromatic nitrogens is 1. The quantitative estimate of drug-likeness (QED) is 0.129. The van der Waals surface area contributed by atoms with E-state index in [4.69, 9.17) is 0 Å². The molecule has 0 fully saturated rings. The van der Waals surface area contributed by atoms with E-state index < -0.39 is 0 Å². The van der Waals surface area contributed by atoms with Crippen LogP contribution < -0.4 is 0 Å². The summed E-state index contributed by atoms with van der Waals surface area (Å²) in [5, 5.41) is 2.45. The second kappa shape index (κ2) is 19.0. The van der Waals surface area contributed by atoms with Crippen molar-refractivity contribution in [1.29, 1.82) is 0 Å². The first-order valence-electron chi connectivity index (χ1n) is 25.1. The molecule has 0 radical (unpaired) electrons. The molecule has 0 aliphatic carbocycles. The first-order chi connectivity index (χ1) is 36.1. The Morgan fingerprint density at radius 1 is 0.151 bits per heavy atom. The maximum absolute atomic E-state index is 2.42. The molecule has 0 N–H and O–H groups in total. The highest BCUT2D eigenvalue weighted by Crippen LogP contribution is 2.39. The molecule has 12 aromatic carbocycles. The van der Waals surface area contributed by atoms with E-state index in [0.29, 0.717) is 0 Å². The van der Waals surface area contributed by atoms with Gasteiger partial charge in [0.15, 0.2) is 0 Å². The molecule has 0 atom stereocenters. The van der Waals surface area contributed by atoms with Gasteiger partial charge in [0.1, 0.15) is 0 Å². The van der Waals surface area contributed by atoms with Gasteiger partial charge >= 0.3 is 0 Å². The van der Waals surface area contributed by atoms with E-state index in [2.05, 4.69) is 302 Å². The van der Waals surface area contributed by atoms with Crippen LogP contribution in [0.5, 0.6) is 0 Å². The summed E-state index contributed by atoms with van der Waals surface area (Å²) in [6.07, 6.45) is 0. The standard InChI is InChI=1S/C72H49N/c1-4-10-50(11-5-1)53-16-20-55(21-17-53)57-24-28-59(29-25-57)61-32-36-64(37-33-61)66-42-46-71-69(48-66)70-49-67(43-47-72(70)73(71)68-44-40-63(41-45-68)52-14-8-3-9-15-52)65-38-34-62(35-39-65)60-30-26-58(27-31-60)56-22-18-54(19-23-56)51-12-6-2-7-13-51/h1-49H. The number of hydrogen-bond acceptors (Lipinski definition) is 0. The second-order valence-electron chi connectivity index (χ2n) is 18.9. The summed E-state index contributed by atoms with van der Waals surface area (Å²) in [4.78, 5) is 0. The number of nitrogens with zero attached hydrogens (tertiary/aromatic N) is 1. The zero-order chi connectivity index (χ0) is 48.5. The molecule has 73 heavy (non-hydrogen) atoms. The van der Waals surface area contributed by atoms with Gasteiger partial charge < -0.3 is 4.57 Å². The van der Waals surface area contributed by atoms with E-state index in [9.17, 15) is 0 Å². The molecule has 1 heteroatoms. The Kier molecular flexibility index (Phi) is 11.3. The number of benzene rings is 12. The predicted octanol–water partition coefficient (Wildman–Crippen LogP) is 19.8. The van der Waals surface area contributed by atoms with Crippen molar-refractivity contribution in [3.05, 3.63) is 297 Å². The summed E-state index contributed by atoms with van der Waals surface area (Å²) in [5.74, 6) is 0. The molecule has 1 aromatic heterocycles. The Labute approximate surface area is 427 Å². The highest BCUT2D eigenvalue weighted by molar-refractivity contribution is 6.11. The molecule has 1 nitrogen and oxygen atoms in total. The van der Waals surface area contributed by atoms with Crippen molar-refractivity contribution in [3.8, 4) is 106 Å². The third kappa shape index (κ3) is 8.64. The monoisotopic (exact) mass is 927 g/mol. The molecule has 0 aliphatic heterocycles. The fourth-order valence-electron chi connectivity index (χ4n) is 10.5. The van der Waals surface area contributed by atoms with E-state index in [1.54, 1.807) is 0 Å². The first kappa shape index (κ1) is 43.5. The first-order valence-corrected chi connectivity index (χ1v) is 25.1. The van der Waals surface area contributed by atoms with Gasteiger partial charge in [0.2, 0.25) is 0 Å². The Bertz CT molecular complexity index is 3780. The van der Waals surface area contributed by atoms with E-state index in [-0.39, 0.29) is 0 Å². The lowest BCUT2D eigenvalue weighted by atomic mass is 9.96. The fourth-order valence-corrected chi connectivity index (χ4v) is 10.5. The Hall–Kier alpha value is -9.56. The van der Waals surface area contributed by atoms with Crippen LogP contribution in [0.4, 0.5) is 0 Å². The fraction of sp³-hybridized carbons (Fsp3) is 0. The average molecular weight is 928 g/mol. The average Bonchev–Trinajstić information content (AvgIpc) is 3.81. The summed E-state index contributed by atoms with van der Waals surface area (Å²) >= 11 is 0. The van der Waals surface area contributed by atoms with Crippen molar-refractivity contribution in [3.63, 3.8) is 0 Å². The van der Waals surface area contributed by atoms with Crippen LogP contribution in [0.15, 0.2) is 297 Å². The van der Waals surface area contributed by atoms with Crippen LogP contribution in [0.3, 0.4) is 0 Å². The molecule has 0 amide bonds. The minimum Gasteiger partial charge on any atom is -0.309 e.